The first kappa shape index (κ1) is 18.1. The maximum Gasteiger partial charge on any atom is 0.234 e. The van der Waals surface area contributed by atoms with Crippen LogP contribution < -0.4 is 5.32 Å². The van der Waals surface area contributed by atoms with Gasteiger partial charge in [0, 0.05) is 5.02 Å². The molecule has 1 amide bonds. The number of anilines is 1. The zero-order valence-electron chi connectivity index (χ0n) is 12.6. The van der Waals surface area contributed by atoms with Gasteiger partial charge in [-0.15, -0.1) is 10.2 Å². The summed E-state index contributed by atoms with van der Waals surface area (Å²) in [6.45, 7) is 0. The summed E-state index contributed by atoms with van der Waals surface area (Å²) < 4.78 is 1.76. The summed E-state index contributed by atoms with van der Waals surface area (Å²) in [4.78, 5) is 12.2. The van der Waals surface area contributed by atoms with Gasteiger partial charge in [-0.3, -0.25) is 9.36 Å². The van der Waals surface area contributed by atoms with Crippen LogP contribution in [0.1, 0.15) is 0 Å². The highest BCUT2D eigenvalue weighted by Gasteiger charge is 2.13. The van der Waals surface area contributed by atoms with E-state index in [9.17, 15) is 4.79 Å². The molecule has 0 fully saturated rings. The Morgan fingerprint density at radius 3 is 2.56 bits per heavy atom. The number of nitrogens with one attached hydrogen (secondary N) is 1. The number of carbonyl (C=O) groups is 1. The molecule has 9 heteroatoms. The number of hydrogen-bond donors (Lipinski definition) is 1. The second-order valence-corrected chi connectivity index (χ2v) is 7.09. The van der Waals surface area contributed by atoms with Crippen LogP contribution in [0.4, 0.5) is 5.69 Å². The molecule has 0 bridgehead atoms. The van der Waals surface area contributed by atoms with Crippen LogP contribution in [0.2, 0.25) is 15.1 Å². The van der Waals surface area contributed by atoms with Crippen LogP contribution >= 0.6 is 46.6 Å². The maximum absolute atomic E-state index is 12.2. The number of rotatable bonds is 5. The zero-order chi connectivity index (χ0) is 17.8. The van der Waals surface area contributed by atoms with E-state index in [4.69, 9.17) is 34.8 Å². The lowest BCUT2D eigenvalue weighted by Gasteiger charge is -2.09. The Balaban J connectivity index is 1.69. The third kappa shape index (κ3) is 4.46. The van der Waals surface area contributed by atoms with Crippen LogP contribution in [0, 0.1) is 0 Å². The quantitative estimate of drug-likeness (QED) is 0.601. The van der Waals surface area contributed by atoms with Crippen molar-refractivity contribution in [3.05, 3.63) is 63.9 Å². The highest BCUT2D eigenvalue weighted by molar-refractivity contribution is 7.99. The minimum atomic E-state index is -0.249. The highest BCUT2D eigenvalue weighted by atomic mass is 35.5. The average molecular weight is 414 g/mol. The smallest absolute Gasteiger partial charge is 0.234 e. The average Bonchev–Trinajstić information content (AvgIpc) is 3.05. The highest BCUT2D eigenvalue weighted by Crippen LogP contribution is 2.30. The molecule has 0 saturated heterocycles. The number of amides is 1. The molecule has 0 radical (unpaired) electrons. The maximum atomic E-state index is 12.2. The van der Waals surface area contributed by atoms with Gasteiger partial charge in [0.2, 0.25) is 5.91 Å². The van der Waals surface area contributed by atoms with Crippen molar-refractivity contribution in [2.45, 2.75) is 5.16 Å². The fraction of sp³-hybridized carbons (Fsp3) is 0.0625. The van der Waals surface area contributed by atoms with Gasteiger partial charge in [-0.25, -0.2) is 0 Å². The largest absolute Gasteiger partial charge is 0.323 e. The molecule has 0 unspecified atom stereocenters. The predicted molar refractivity (Wildman–Crippen MR) is 102 cm³/mol. The predicted octanol–water partition coefficient (Wildman–Crippen LogP) is 4.96. The molecule has 0 spiro atoms. The van der Waals surface area contributed by atoms with Crippen molar-refractivity contribution in [1.82, 2.24) is 14.8 Å². The molecular formula is C16H11Cl3N4OS. The summed E-state index contributed by atoms with van der Waals surface area (Å²) in [5.41, 5.74) is 1.21. The van der Waals surface area contributed by atoms with Gasteiger partial charge < -0.3 is 5.32 Å². The molecule has 25 heavy (non-hydrogen) atoms. The molecule has 5 nitrogen and oxygen atoms in total. The van der Waals surface area contributed by atoms with E-state index in [2.05, 4.69) is 15.5 Å². The van der Waals surface area contributed by atoms with E-state index in [1.165, 1.54) is 11.8 Å². The molecule has 2 aromatic carbocycles. The zero-order valence-corrected chi connectivity index (χ0v) is 15.7. The Hall–Kier alpha value is -1.73. The van der Waals surface area contributed by atoms with Gasteiger partial charge in [0.1, 0.15) is 6.33 Å². The van der Waals surface area contributed by atoms with Gasteiger partial charge in [0.05, 0.1) is 27.2 Å². The second-order valence-electron chi connectivity index (χ2n) is 4.90. The third-order valence-electron chi connectivity index (χ3n) is 3.16. The minimum Gasteiger partial charge on any atom is -0.323 e. The lowest BCUT2D eigenvalue weighted by molar-refractivity contribution is -0.113. The Bertz CT molecular complexity index is 896. The summed E-state index contributed by atoms with van der Waals surface area (Å²) >= 11 is 19.3. The van der Waals surface area contributed by atoms with E-state index in [1.807, 2.05) is 12.1 Å². The number of halogens is 3. The summed E-state index contributed by atoms with van der Waals surface area (Å²) in [5, 5.41) is 12.6. The lowest BCUT2D eigenvalue weighted by Crippen LogP contribution is -2.15. The Kier molecular flexibility index (Phi) is 5.86. The van der Waals surface area contributed by atoms with E-state index in [1.54, 1.807) is 41.2 Å². The monoisotopic (exact) mass is 412 g/mol. The molecule has 1 aromatic heterocycles. The number of benzene rings is 2. The van der Waals surface area contributed by atoms with Crippen LogP contribution in [0.3, 0.4) is 0 Å². The van der Waals surface area contributed by atoms with Crippen LogP contribution in [0.25, 0.3) is 5.69 Å². The molecule has 0 aliphatic rings. The molecule has 3 aromatic rings. The summed E-state index contributed by atoms with van der Waals surface area (Å²) in [7, 11) is 0. The van der Waals surface area contributed by atoms with Crippen molar-refractivity contribution in [3.63, 3.8) is 0 Å². The molecule has 0 atom stereocenters. The first-order valence-corrected chi connectivity index (χ1v) is 9.19. The van der Waals surface area contributed by atoms with Crippen molar-refractivity contribution < 1.29 is 4.79 Å². The second kappa shape index (κ2) is 8.10. The van der Waals surface area contributed by atoms with Crippen molar-refractivity contribution in [2.75, 3.05) is 11.1 Å². The van der Waals surface area contributed by atoms with Crippen molar-refractivity contribution in [1.29, 1.82) is 0 Å². The van der Waals surface area contributed by atoms with Crippen molar-refractivity contribution in [2.24, 2.45) is 0 Å². The number of hydrogen-bond acceptors (Lipinski definition) is 4. The number of nitrogens with zero attached hydrogens (tertiary/aromatic N) is 3. The number of carbonyl (C=O) groups excluding carboxylic acids is 1. The van der Waals surface area contributed by atoms with Crippen molar-refractivity contribution in [3.8, 4) is 5.69 Å². The standard InChI is InChI=1S/C16H11Cl3N4OS/c17-10-3-1-4-11(7-10)23-9-20-22-16(23)25-8-14(24)21-15-12(18)5-2-6-13(15)19/h1-7,9H,8H2,(H,21,24). The molecule has 3 rings (SSSR count). The van der Waals surface area contributed by atoms with Crippen LogP contribution in [0.15, 0.2) is 53.9 Å². The van der Waals surface area contributed by atoms with E-state index in [0.717, 1.165) is 5.69 Å². The molecule has 0 aliphatic carbocycles. The van der Waals surface area contributed by atoms with Gasteiger partial charge >= 0.3 is 0 Å². The molecule has 0 saturated carbocycles. The summed E-state index contributed by atoms with van der Waals surface area (Å²) in [6, 6.07) is 12.3. The topological polar surface area (TPSA) is 59.8 Å². The Morgan fingerprint density at radius 2 is 1.84 bits per heavy atom. The van der Waals surface area contributed by atoms with Crippen LogP contribution in [-0.2, 0) is 4.79 Å². The van der Waals surface area contributed by atoms with E-state index >= 15 is 0 Å². The van der Waals surface area contributed by atoms with E-state index < -0.39 is 0 Å². The Labute approximate surface area is 163 Å². The van der Waals surface area contributed by atoms with Gasteiger partial charge in [0.15, 0.2) is 5.16 Å². The number of para-hydroxylation sites is 1. The van der Waals surface area contributed by atoms with E-state index in [-0.39, 0.29) is 11.7 Å². The summed E-state index contributed by atoms with van der Waals surface area (Å²) in [5.74, 6) is -0.124. The lowest BCUT2D eigenvalue weighted by atomic mass is 10.3. The molecule has 1 heterocycles. The Morgan fingerprint density at radius 1 is 1.12 bits per heavy atom. The van der Waals surface area contributed by atoms with E-state index in [0.29, 0.717) is 25.9 Å². The first-order chi connectivity index (χ1) is 12.0. The minimum absolute atomic E-state index is 0.126. The third-order valence-corrected chi connectivity index (χ3v) is 4.97. The summed E-state index contributed by atoms with van der Waals surface area (Å²) in [6.07, 6.45) is 1.57. The van der Waals surface area contributed by atoms with Crippen LogP contribution in [-0.4, -0.2) is 26.4 Å². The normalized spacial score (nSPS) is 10.7. The molecule has 1 N–H and O–H groups in total. The van der Waals surface area contributed by atoms with Crippen molar-refractivity contribution >= 4 is 58.2 Å². The van der Waals surface area contributed by atoms with Gasteiger partial charge in [-0.05, 0) is 30.3 Å². The fourth-order valence-corrected chi connectivity index (χ4v) is 3.45. The van der Waals surface area contributed by atoms with Gasteiger partial charge in [-0.2, -0.15) is 0 Å². The van der Waals surface area contributed by atoms with Gasteiger partial charge in [-0.1, -0.05) is 58.7 Å². The van der Waals surface area contributed by atoms with Gasteiger partial charge in [0.25, 0.3) is 0 Å². The first-order valence-electron chi connectivity index (χ1n) is 7.07. The SMILES string of the molecule is O=C(CSc1nncn1-c1cccc(Cl)c1)Nc1c(Cl)cccc1Cl. The molecule has 0 aliphatic heterocycles. The number of thioether (sulfide) groups is 1. The molecule has 128 valence electrons. The number of aromatic nitrogens is 3. The molecular weight excluding hydrogens is 403 g/mol. The fourth-order valence-electron chi connectivity index (χ4n) is 2.05. The van der Waals surface area contributed by atoms with Crippen LogP contribution in [0.5, 0.6) is 0 Å².